The van der Waals surface area contributed by atoms with Crippen LogP contribution in [0.5, 0.6) is 11.5 Å². The maximum atomic E-state index is 5.90. The van der Waals surface area contributed by atoms with Gasteiger partial charge >= 0.3 is 0 Å². The fourth-order valence-corrected chi connectivity index (χ4v) is 3.18. The molecule has 0 bridgehead atoms. The molecule has 156 valence electrons. The molecule has 0 fully saturated rings. The maximum Gasteiger partial charge on any atom is 0.216 e. The van der Waals surface area contributed by atoms with Crippen molar-refractivity contribution >= 4 is 18.4 Å². The van der Waals surface area contributed by atoms with Crippen LogP contribution in [0, 0.1) is 4.77 Å². The molecule has 3 aromatic carbocycles. The average Bonchev–Trinajstić information content (AvgIpc) is 3.18. The molecule has 0 radical (unpaired) electrons. The Morgan fingerprint density at radius 3 is 2.55 bits per heavy atom. The van der Waals surface area contributed by atoms with Gasteiger partial charge in [0.2, 0.25) is 4.77 Å². The lowest BCUT2D eigenvalue weighted by atomic mass is 10.2. The quantitative estimate of drug-likeness (QED) is 0.297. The number of rotatable bonds is 8. The number of benzene rings is 3. The van der Waals surface area contributed by atoms with Crippen molar-refractivity contribution in [3.8, 4) is 22.9 Å². The molecule has 4 rings (SSSR count). The molecule has 0 saturated carbocycles. The van der Waals surface area contributed by atoms with Crippen molar-refractivity contribution in [2.24, 2.45) is 5.10 Å². The van der Waals surface area contributed by atoms with Crippen molar-refractivity contribution in [1.29, 1.82) is 0 Å². The van der Waals surface area contributed by atoms with E-state index in [4.69, 9.17) is 21.7 Å². The topological polar surface area (TPSA) is 64.4 Å². The fourth-order valence-electron chi connectivity index (χ4n) is 3.00. The van der Waals surface area contributed by atoms with E-state index in [0.717, 1.165) is 28.2 Å². The summed E-state index contributed by atoms with van der Waals surface area (Å²) < 4.78 is 13.4. The molecule has 0 unspecified atom stereocenters. The van der Waals surface area contributed by atoms with E-state index in [-0.39, 0.29) is 0 Å². The number of hydrogen-bond donors (Lipinski definition) is 1. The first-order valence-corrected chi connectivity index (χ1v) is 10.4. The van der Waals surface area contributed by atoms with Gasteiger partial charge in [0, 0.05) is 5.56 Å². The normalized spacial score (nSPS) is 11.0. The molecule has 6 nitrogen and oxygen atoms in total. The minimum absolute atomic E-state index is 0.414. The zero-order valence-electron chi connectivity index (χ0n) is 17.1. The Bertz CT molecular complexity index is 1210. The highest BCUT2D eigenvalue weighted by Crippen LogP contribution is 2.21. The first kappa shape index (κ1) is 20.6. The minimum atomic E-state index is 0.414. The molecule has 31 heavy (non-hydrogen) atoms. The Morgan fingerprint density at radius 2 is 1.77 bits per heavy atom. The smallest absolute Gasteiger partial charge is 0.216 e. The van der Waals surface area contributed by atoms with Crippen molar-refractivity contribution in [3.05, 3.63) is 94.8 Å². The molecule has 4 aromatic rings. The van der Waals surface area contributed by atoms with E-state index in [0.29, 0.717) is 23.8 Å². The van der Waals surface area contributed by atoms with Crippen LogP contribution in [0.15, 0.2) is 84.0 Å². The first-order chi connectivity index (χ1) is 15.2. The van der Waals surface area contributed by atoms with Gasteiger partial charge in [0.15, 0.2) is 5.82 Å². The Balaban J connectivity index is 1.51. The van der Waals surface area contributed by atoms with E-state index in [9.17, 15) is 0 Å². The van der Waals surface area contributed by atoms with Crippen molar-refractivity contribution in [2.75, 3.05) is 6.61 Å². The Morgan fingerprint density at radius 1 is 0.968 bits per heavy atom. The summed E-state index contributed by atoms with van der Waals surface area (Å²) in [6.45, 7) is 3.09. The van der Waals surface area contributed by atoms with Crippen molar-refractivity contribution in [3.63, 3.8) is 0 Å². The van der Waals surface area contributed by atoms with Crippen LogP contribution in [0.3, 0.4) is 0 Å². The van der Waals surface area contributed by atoms with Gasteiger partial charge in [-0.05, 0) is 66.7 Å². The van der Waals surface area contributed by atoms with Crippen molar-refractivity contribution in [1.82, 2.24) is 14.9 Å². The predicted molar refractivity (Wildman–Crippen MR) is 124 cm³/mol. The van der Waals surface area contributed by atoms with E-state index >= 15 is 0 Å². The van der Waals surface area contributed by atoms with Crippen LogP contribution in [-0.2, 0) is 6.61 Å². The van der Waals surface area contributed by atoms with E-state index in [1.165, 1.54) is 0 Å². The number of H-pyrrole nitrogens is 1. The van der Waals surface area contributed by atoms with Gasteiger partial charge in [0.25, 0.3) is 0 Å². The maximum absolute atomic E-state index is 5.90. The van der Waals surface area contributed by atoms with E-state index < -0.39 is 0 Å². The highest BCUT2D eigenvalue weighted by molar-refractivity contribution is 7.71. The van der Waals surface area contributed by atoms with Gasteiger partial charge in [-0.15, -0.1) is 0 Å². The number of ether oxygens (including phenoxy) is 2. The van der Waals surface area contributed by atoms with Crippen molar-refractivity contribution in [2.45, 2.75) is 13.5 Å². The SMILES string of the molecule is CCOc1ccc(-c2n[nH]c(=S)n2/N=C/c2cccc(OCc3ccccc3)c2)cc1. The molecular weight excluding hydrogens is 408 g/mol. The monoisotopic (exact) mass is 430 g/mol. The third-order valence-electron chi connectivity index (χ3n) is 4.50. The summed E-state index contributed by atoms with van der Waals surface area (Å²) in [4.78, 5) is 0. The molecule has 0 aliphatic heterocycles. The summed E-state index contributed by atoms with van der Waals surface area (Å²) in [5, 5.41) is 11.7. The molecule has 0 amide bonds. The summed E-state index contributed by atoms with van der Waals surface area (Å²) >= 11 is 5.36. The third kappa shape index (κ3) is 5.26. The molecule has 0 spiro atoms. The van der Waals surface area contributed by atoms with Crippen LogP contribution >= 0.6 is 12.2 Å². The highest BCUT2D eigenvalue weighted by atomic mass is 32.1. The number of aromatic amines is 1. The summed E-state index contributed by atoms with van der Waals surface area (Å²) in [6.07, 6.45) is 1.73. The van der Waals surface area contributed by atoms with E-state index in [1.54, 1.807) is 10.9 Å². The van der Waals surface area contributed by atoms with E-state index in [2.05, 4.69) is 15.3 Å². The molecule has 0 atom stereocenters. The van der Waals surface area contributed by atoms with Crippen LogP contribution in [0.2, 0.25) is 0 Å². The molecule has 0 saturated heterocycles. The van der Waals surface area contributed by atoms with Gasteiger partial charge in [-0.2, -0.15) is 14.9 Å². The summed E-state index contributed by atoms with van der Waals surface area (Å²) in [7, 11) is 0. The zero-order chi connectivity index (χ0) is 21.5. The number of hydrogen-bond acceptors (Lipinski definition) is 5. The summed E-state index contributed by atoms with van der Waals surface area (Å²) in [5.41, 5.74) is 2.89. The molecule has 0 aliphatic carbocycles. The predicted octanol–water partition coefficient (Wildman–Crippen LogP) is 5.47. The lowest BCUT2D eigenvalue weighted by Gasteiger charge is -2.07. The summed E-state index contributed by atoms with van der Waals surface area (Å²) in [6, 6.07) is 25.5. The lowest BCUT2D eigenvalue weighted by Crippen LogP contribution is -1.97. The molecular formula is C24H22N4O2S. The van der Waals surface area contributed by atoms with Crippen LogP contribution in [0.25, 0.3) is 11.4 Å². The second kappa shape index (κ2) is 9.86. The number of nitrogens with zero attached hydrogens (tertiary/aromatic N) is 3. The Kier molecular flexibility index (Phi) is 6.54. The van der Waals surface area contributed by atoms with Gasteiger partial charge in [0.05, 0.1) is 12.8 Å². The minimum Gasteiger partial charge on any atom is -0.494 e. The molecule has 1 heterocycles. The van der Waals surface area contributed by atoms with Crippen LogP contribution < -0.4 is 9.47 Å². The largest absolute Gasteiger partial charge is 0.494 e. The number of aromatic nitrogens is 3. The third-order valence-corrected chi connectivity index (χ3v) is 4.77. The first-order valence-electron chi connectivity index (χ1n) is 9.95. The van der Waals surface area contributed by atoms with Gasteiger partial charge < -0.3 is 9.47 Å². The zero-order valence-corrected chi connectivity index (χ0v) is 17.9. The summed E-state index contributed by atoms with van der Waals surface area (Å²) in [5.74, 6) is 2.21. The van der Waals surface area contributed by atoms with Gasteiger partial charge in [-0.1, -0.05) is 42.5 Å². The molecule has 1 aromatic heterocycles. The standard InChI is InChI=1S/C24H22N4O2S/c1-2-29-21-13-11-20(12-14-21)23-26-27-24(31)28(23)25-16-19-9-6-10-22(15-19)30-17-18-7-4-3-5-8-18/h3-16H,2,17H2,1H3,(H,27,31)/b25-16+. The molecule has 1 N–H and O–H groups in total. The molecule has 0 aliphatic rings. The van der Waals surface area contributed by atoms with Gasteiger partial charge in [-0.3, -0.25) is 0 Å². The number of nitrogens with one attached hydrogen (secondary N) is 1. The Labute approximate surface area is 185 Å². The van der Waals surface area contributed by atoms with Crippen LogP contribution in [-0.4, -0.2) is 27.7 Å². The highest BCUT2D eigenvalue weighted by Gasteiger charge is 2.08. The second-order valence-corrected chi connectivity index (χ2v) is 7.10. The molecule has 7 heteroatoms. The van der Waals surface area contributed by atoms with Crippen LogP contribution in [0.4, 0.5) is 0 Å². The average molecular weight is 431 g/mol. The van der Waals surface area contributed by atoms with Gasteiger partial charge in [-0.25, -0.2) is 5.10 Å². The fraction of sp³-hybridized carbons (Fsp3) is 0.125. The lowest BCUT2D eigenvalue weighted by molar-refractivity contribution is 0.306. The Hall–Kier alpha value is -3.71. The van der Waals surface area contributed by atoms with Crippen LogP contribution in [0.1, 0.15) is 18.1 Å². The van der Waals surface area contributed by atoms with E-state index in [1.807, 2.05) is 85.8 Å². The second-order valence-electron chi connectivity index (χ2n) is 6.71. The van der Waals surface area contributed by atoms with Gasteiger partial charge in [0.1, 0.15) is 18.1 Å². The van der Waals surface area contributed by atoms with Crippen molar-refractivity contribution < 1.29 is 9.47 Å².